The lowest BCUT2D eigenvalue weighted by Crippen LogP contribution is -2.52. The van der Waals surface area contributed by atoms with Gasteiger partial charge in [0, 0.05) is 32.2 Å². The Hall–Kier alpha value is -1.10. The van der Waals surface area contributed by atoms with Gasteiger partial charge in [-0.2, -0.15) is 0 Å². The summed E-state index contributed by atoms with van der Waals surface area (Å²) in [7, 11) is 2.01. The van der Waals surface area contributed by atoms with E-state index in [9.17, 15) is 9.59 Å². The molecule has 0 atom stereocenters. The molecule has 5 nitrogen and oxygen atoms in total. The van der Waals surface area contributed by atoms with Crippen molar-refractivity contribution in [1.29, 1.82) is 0 Å². The fraction of sp³-hybridized carbons (Fsp3) is 0.800. The molecule has 0 unspecified atom stereocenters. The number of hydrogen-bond donors (Lipinski definition) is 1. The second-order valence-electron chi connectivity index (χ2n) is 4.22. The van der Waals surface area contributed by atoms with Crippen LogP contribution in [-0.2, 0) is 9.59 Å². The first-order valence-electron chi connectivity index (χ1n) is 5.29. The Balaban J connectivity index is 2.43. The molecule has 15 heavy (non-hydrogen) atoms. The van der Waals surface area contributed by atoms with Crippen LogP contribution in [0.2, 0.25) is 0 Å². The maximum Gasteiger partial charge on any atom is 0.311 e. The molecule has 0 aromatic heterocycles. The highest BCUT2D eigenvalue weighted by atomic mass is 16.2. The number of carbonyl (C=O) groups excluding carboxylic acids is 2. The maximum atomic E-state index is 11.6. The molecular formula is C10H19N3O2. The Kier molecular flexibility index (Phi) is 4.08. The topological polar surface area (TPSA) is 52.7 Å². The molecule has 1 heterocycles. The minimum absolute atomic E-state index is 0.00825. The summed E-state index contributed by atoms with van der Waals surface area (Å²) < 4.78 is 0. The van der Waals surface area contributed by atoms with Gasteiger partial charge in [-0.1, -0.05) is 0 Å². The Morgan fingerprint density at radius 3 is 2.13 bits per heavy atom. The molecule has 1 N–H and O–H groups in total. The van der Waals surface area contributed by atoms with Gasteiger partial charge in [-0.15, -0.1) is 0 Å². The van der Waals surface area contributed by atoms with E-state index < -0.39 is 11.8 Å². The fourth-order valence-electron chi connectivity index (χ4n) is 1.48. The zero-order chi connectivity index (χ0) is 11.4. The fourth-order valence-corrected chi connectivity index (χ4v) is 1.48. The molecular weight excluding hydrogens is 194 g/mol. The van der Waals surface area contributed by atoms with Crippen LogP contribution < -0.4 is 5.32 Å². The van der Waals surface area contributed by atoms with Crippen molar-refractivity contribution in [1.82, 2.24) is 15.1 Å². The molecule has 1 aliphatic rings. The number of rotatable bonds is 1. The van der Waals surface area contributed by atoms with E-state index in [-0.39, 0.29) is 6.04 Å². The molecule has 1 fully saturated rings. The largest absolute Gasteiger partial charge is 0.346 e. The lowest BCUT2D eigenvalue weighted by molar-refractivity contribution is -0.147. The molecule has 1 saturated heterocycles. The van der Waals surface area contributed by atoms with Crippen LogP contribution in [-0.4, -0.2) is 60.9 Å². The van der Waals surface area contributed by atoms with E-state index in [0.29, 0.717) is 13.1 Å². The van der Waals surface area contributed by atoms with Crippen LogP contribution >= 0.6 is 0 Å². The molecule has 0 spiro atoms. The summed E-state index contributed by atoms with van der Waals surface area (Å²) in [5.74, 6) is -0.897. The van der Waals surface area contributed by atoms with Crippen molar-refractivity contribution in [3.05, 3.63) is 0 Å². The number of amides is 2. The first-order chi connectivity index (χ1) is 7.00. The van der Waals surface area contributed by atoms with Crippen molar-refractivity contribution in [2.75, 3.05) is 33.2 Å². The lowest BCUT2D eigenvalue weighted by atomic mass is 10.3. The summed E-state index contributed by atoms with van der Waals surface area (Å²) in [5.41, 5.74) is 0. The molecule has 1 aliphatic heterocycles. The summed E-state index contributed by atoms with van der Waals surface area (Å²) in [6, 6.07) is 0.00825. The number of nitrogens with zero attached hydrogens (tertiary/aromatic N) is 2. The number of hydrogen-bond acceptors (Lipinski definition) is 3. The lowest BCUT2D eigenvalue weighted by Gasteiger charge is -2.32. The van der Waals surface area contributed by atoms with E-state index in [1.165, 1.54) is 0 Å². The summed E-state index contributed by atoms with van der Waals surface area (Å²) in [6.07, 6.45) is 0. The van der Waals surface area contributed by atoms with Crippen molar-refractivity contribution in [3.8, 4) is 0 Å². The molecule has 0 radical (unpaired) electrons. The van der Waals surface area contributed by atoms with Crippen LogP contribution in [0.4, 0.5) is 0 Å². The average Bonchev–Trinajstić information content (AvgIpc) is 2.17. The van der Waals surface area contributed by atoms with Crippen molar-refractivity contribution < 1.29 is 9.59 Å². The SMILES string of the molecule is CC(C)NC(=O)C(=O)N1CCN(C)CC1. The van der Waals surface area contributed by atoms with Crippen LogP contribution in [0.3, 0.4) is 0 Å². The first-order valence-corrected chi connectivity index (χ1v) is 5.29. The van der Waals surface area contributed by atoms with E-state index in [1.807, 2.05) is 20.9 Å². The minimum Gasteiger partial charge on any atom is -0.346 e. The zero-order valence-electron chi connectivity index (χ0n) is 9.62. The summed E-state index contributed by atoms with van der Waals surface area (Å²) in [4.78, 5) is 26.8. The van der Waals surface area contributed by atoms with E-state index in [0.717, 1.165) is 13.1 Å². The number of piperazine rings is 1. The molecule has 0 aromatic rings. The Morgan fingerprint density at radius 1 is 1.13 bits per heavy atom. The predicted molar refractivity (Wildman–Crippen MR) is 57.4 cm³/mol. The highest BCUT2D eigenvalue weighted by Gasteiger charge is 2.24. The van der Waals surface area contributed by atoms with Gasteiger partial charge in [-0.05, 0) is 20.9 Å². The number of nitrogens with one attached hydrogen (secondary N) is 1. The smallest absolute Gasteiger partial charge is 0.311 e. The second-order valence-corrected chi connectivity index (χ2v) is 4.22. The van der Waals surface area contributed by atoms with E-state index in [2.05, 4.69) is 10.2 Å². The highest BCUT2D eigenvalue weighted by Crippen LogP contribution is 1.99. The van der Waals surface area contributed by atoms with E-state index in [1.54, 1.807) is 4.90 Å². The van der Waals surface area contributed by atoms with Crippen LogP contribution in [0.5, 0.6) is 0 Å². The van der Waals surface area contributed by atoms with Crippen molar-refractivity contribution in [2.24, 2.45) is 0 Å². The van der Waals surface area contributed by atoms with Gasteiger partial charge in [-0.3, -0.25) is 9.59 Å². The molecule has 86 valence electrons. The minimum atomic E-state index is -0.491. The summed E-state index contributed by atoms with van der Waals surface area (Å²) in [6.45, 7) is 6.63. The van der Waals surface area contributed by atoms with E-state index in [4.69, 9.17) is 0 Å². The normalized spacial score (nSPS) is 18.0. The third-order valence-corrected chi connectivity index (χ3v) is 2.40. The predicted octanol–water partition coefficient (Wildman–Crippen LogP) is -0.715. The van der Waals surface area contributed by atoms with Crippen molar-refractivity contribution >= 4 is 11.8 Å². The first kappa shape index (κ1) is 12.0. The Bertz CT molecular complexity index is 245. The quantitative estimate of drug-likeness (QED) is 0.585. The summed E-state index contributed by atoms with van der Waals surface area (Å²) in [5, 5.41) is 2.61. The Morgan fingerprint density at radius 2 is 1.67 bits per heavy atom. The number of likely N-dealkylation sites (N-methyl/N-ethyl adjacent to an activating group) is 1. The highest BCUT2D eigenvalue weighted by molar-refractivity contribution is 6.35. The van der Waals surface area contributed by atoms with E-state index >= 15 is 0 Å². The molecule has 5 heteroatoms. The van der Waals surface area contributed by atoms with Gasteiger partial charge in [0.15, 0.2) is 0 Å². The van der Waals surface area contributed by atoms with Gasteiger partial charge in [-0.25, -0.2) is 0 Å². The molecule has 0 aliphatic carbocycles. The zero-order valence-corrected chi connectivity index (χ0v) is 9.62. The average molecular weight is 213 g/mol. The van der Waals surface area contributed by atoms with Crippen LogP contribution in [0.1, 0.15) is 13.8 Å². The summed E-state index contributed by atoms with van der Waals surface area (Å²) >= 11 is 0. The standard InChI is InChI=1S/C10H19N3O2/c1-8(2)11-9(14)10(15)13-6-4-12(3)5-7-13/h8H,4-7H2,1-3H3,(H,11,14). The molecule has 0 bridgehead atoms. The molecule has 2 amide bonds. The van der Waals surface area contributed by atoms with Gasteiger partial charge in [0.2, 0.25) is 0 Å². The van der Waals surface area contributed by atoms with Gasteiger partial charge < -0.3 is 15.1 Å². The van der Waals surface area contributed by atoms with Gasteiger partial charge in [0.1, 0.15) is 0 Å². The Labute approximate surface area is 90.4 Å². The third kappa shape index (κ3) is 3.51. The number of carbonyl (C=O) groups is 2. The van der Waals surface area contributed by atoms with Crippen LogP contribution in [0, 0.1) is 0 Å². The van der Waals surface area contributed by atoms with Crippen LogP contribution in [0.15, 0.2) is 0 Å². The molecule has 0 saturated carbocycles. The van der Waals surface area contributed by atoms with Gasteiger partial charge >= 0.3 is 11.8 Å². The molecule has 0 aromatic carbocycles. The van der Waals surface area contributed by atoms with Gasteiger partial charge in [0.25, 0.3) is 0 Å². The molecule has 1 rings (SSSR count). The maximum absolute atomic E-state index is 11.6. The van der Waals surface area contributed by atoms with Crippen molar-refractivity contribution in [3.63, 3.8) is 0 Å². The van der Waals surface area contributed by atoms with Crippen LogP contribution in [0.25, 0.3) is 0 Å². The monoisotopic (exact) mass is 213 g/mol. The second kappa shape index (κ2) is 5.11. The van der Waals surface area contributed by atoms with Gasteiger partial charge in [0.05, 0.1) is 0 Å². The third-order valence-electron chi connectivity index (χ3n) is 2.40. The van der Waals surface area contributed by atoms with Crippen molar-refractivity contribution in [2.45, 2.75) is 19.9 Å².